The zero-order chi connectivity index (χ0) is 18.5. The fourth-order valence-corrected chi connectivity index (χ4v) is 4.17. The van der Waals surface area contributed by atoms with Crippen molar-refractivity contribution < 1.29 is 24.5 Å². The van der Waals surface area contributed by atoms with Crippen LogP contribution in [0.2, 0.25) is 0 Å². The summed E-state index contributed by atoms with van der Waals surface area (Å²) in [5.74, 6) is 0.516. The molecule has 1 aromatic carbocycles. The molecule has 3 N–H and O–H groups in total. The van der Waals surface area contributed by atoms with E-state index in [-0.39, 0.29) is 35.6 Å². The maximum Gasteiger partial charge on any atom is 0.306 e. The van der Waals surface area contributed by atoms with Gasteiger partial charge in [-0.05, 0) is 42.9 Å². The minimum atomic E-state index is -0.403. The zero-order valence-electron chi connectivity index (χ0n) is 14.9. The largest absolute Gasteiger partial charge is 0.508 e. The monoisotopic (exact) mass is 361 g/mol. The lowest BCUT2D eigenvalue weighted by Crippen LogP contribution is -2.31. The summed E-state index contributed by atoms with van der Waals surface area (Å²) in [6, 6.07) is 6.77. The van der Waals surface area contributed by atoms with Crippen LogP contribution in [0.4, 0.5) is 0 Å². The average Bonchev–Trinajstić information content (AvgIpc) is 2.92. The van der Waals surface area contributed by atoms with Crippen LogP contribution in [0, 0.1) is 11.8 Å². The third kappa shape index (κ3) is 4.75. The topological polar surface area (TPSA) is 95.9 Å². The molecule has 0 radical (unpaired) electrons. The second-order valence-corrected chi connectivity index (χ2v) is 7.39. The fraction of sp³-hybridized carbons (Fsp3) is 0.600. The van der Waals surface area contributed by atoms with Crippen molar-refractivity contribution in [2.24, 2.45) is 11.8 Å². The fourth-order valence-electron chi connectivity index (χ4n) is 4.17. The highest BCUT2D eigenvalue weighted by Crippen LogP contribution is 2.42. The first kappa shape index (κ1) is 18.7. The minimum absolute atomic E-state index is 0.00881. The SMILES string of the molecule is O=C(CCCCC1[C@H](O)C[C@@H]2OC(=O)CC[C@H]12)NCc1ccc(O)cc1. The van der Waals surface area contributed by atoms with E-state index >= 15 is 0 Å². The number of phenolic OH excluding ortho intramolecular Hbond substituents is 1. The van der Waals surface area contributed by atoms with Crippen LogP contribution in [0.3, 0.4) is 0 Å². The molecule has 4 atom stereocenters. The number of phenols is 1. The number of ether oxygens (including phenoxy) is 1. The van der Waals surface area contributed by atoms with Crippen molar-refractivity contribution in [3.05, 3.63) is 29.8 Å². The van der Waals surface area contributed by atoms with Crippen molar-refractivity contribution in [3.8, 4) is 5.75 Å². The molecule has 0 aromatic heterocycles. The van der Waals surface area contributed by atoms with Gasteiger partial charge in [-0.25, -0.2) is 0 Å². The number of esters is 1. The maximum atomic E-state index is 11.9. The zero-order valence-corrected chi connectivity index (χ0v) is 14.9. The van der Waals surface area contributed by atoms with Crippen LogP contribution in [0.5, 0.6) is 5.75 Å². The highest BCUT2D eigenvalue weighted by molar-refractivity contribution is 5.75. The van der Waals surface area contributed by atoms with E-state index in [0.29, 0.717) is 25.8 Å². The van der Waals surface area contributed by atoms with Gasteiger partial charge < -0.3 is 20.3 Å². The predicted octanol–water partition coefficient (Wildman–Crippen LogP) is 2.27. The first-order valence-corrected chi connectivity index (χ1v) is 9.45. The molecule has 142 valence electrons. The first-order valence-electron chi connectivity index (χ1n) is 9.45. The Morgan fingerprint density at radius 3 is 2.77 bits per heavy atom. The summed E-state index contributed by atoms with van der Waals surface area (Å²) in [5.41, 5.74) is 0.947. The van der Waals surface area contributed by atoms with Gasteiger partial charge in [0, 0.05) is 31.7 Å². The van der Waals surface area contributed by atoms with Gasteiger partial charge >= 0.3 is 5.97 Å². The van der Waals surface area contributed by atoms with Gasteiger partial charge in [0.2, 0.25) is 5.91 Å². The van der Waals surface area contributed by atoms with Crippen LogP contribution in [-0.2, 0) is 20.9 Å². The van der Waals surface area contributed by atoms with Crippen molar-refractivity contribution in [3.63, 3.8) is 0 Å². The highest BCUT2D eigenvalue weighted by atomic mass is 16.5. The Morgan fingerprint density at radius 2 is 2.00 bits per heavy atom. The minimum Gasteiger partial charge on any atom is -0.508 e. The summed E-state index contributed by atoms with van der Waals surface area (Å²) in [5, 5.41) is 22.4. The Labute approximate surface area is 153 Å². The standard InChI is InChI=1S/C20H27NO5/c22-14-7-5-13(6-8-14)12-21-19(24)4-2-1-3-15-16-9-10-20(25)26-18(16)11-17(15)23/h5-8,15-18,22-23H,1-4,9-12H2,(H,21,24)/t15?,16-,17-,18+/m1/s1. The van der Waals surface area contributed by atoms with Crippen LogP contribution >= 0.6 is 0 Å². The van der Waals surface area contributed by atoms with Crippen LogP contribution in [0.25, 0.3) is 0 Å². The third-order valence-electron chi connectivity index (χ3n) is 5.58. The molecule has 1 aliphatic heterocycles. The van der Waals surface area contributed by atoms with Gasteiger partial charge in [0.25, 0.3) is 0 Å². The number of hydrogen-bond acceptors (Lipinski definition) is 5. The molecule has 0 spiro atoms. The number of carbonyl (C=O) groups is 2. The van der Waals surface area contributed by atoms with Crippen molar-refractivity contribution in [2.45, 2.75) is 63.7 Å². The number of unbranched alkanes of at least 4 members (excludes halogenated alkanes) is 1. The Balaban J connectivity index is 1.34. The van der Waals surface area contributed by atoms with Gasteiger partial charge in [0.1, 0.15) is 11.9 Å². The molecule has 6 nitrogen and oxygen atoms in total. The van der Waals surface area contributed by atoms with E-state index in [0.717, 1.165) is 31.2 Å². The summed E-state index contributed by atoms with van der Waals surface area (Å²) >= 11 is 0. The van der Waals surface area contributed by atoms with E-state index in [4.69, 9.17) is 4.74 Å². The van der Waals surface area contributed by atoms with Crippen LogP contribution < -0.4 is 5.32 Å². The number of aliphatic hydroxyl groups is 1. The number of aromatic hydroxyl groups is 1. The van der Waals surface area contributed by atoms with Crippen molar-refractivity contribution >= 4 is 11.9 Å². The van der Waals surface area contributed by atoms with E-state index < -0.39 is 6.10 Å². The average molecular weight is 361 g/mol. The Morgan fingerprint density at radius 1 is 1.23 bits per heavy atom. The van der Waals surface area contributed by atoms with Gasteiger partial charge in [-0.15, -0.1) is 0 Å². The van der Waals surface area contributed by atoms with Gasteiger partial charge in [0.05, 0.1) is 6.10 Å². The number of rotatable bonds is 7. The molecular weight excluding hydrogens is 334 g/mol. The van der Waals surface area contributed by atoms with Gasteiger partial charge in [-0.1, -0.05) is 18.6 Å². The number of amides is 1. The van der Waals surface area contributed by atoms with Crippen molar-refractivity contribution in [1.82, 2.24) is 5.32 Å². The van der Waals surface area contributed by atoms with E-state index in [9.17, 15) is 19.8 Å². The molecule has 1 aliphatic carbocycles. The molecule has 1 aromatic rings. The molecule has 1 unspecified atom stereocenters. The molecule has 26 heavy (non-hydrogen) atoms. The lowest BCUT2D eigenvalue weighted by atomic mass is 9.84. The highest BCUT2D eigenvalue weighted by Gasteiger charge is 2.46. The van der Waals surface area contributed by atoms with Crippen LogP contribution in [0.15, 0.2) is 24.3 Å². The third-order valence-corrected chi connectivity index (χ3v) is 5.58. The second kappa shape index (κ2) is 8.54. The summed E-state index contributed by atoms with van der Waals surface area (Å²) in [6.07, 6.45) is 4.27. The Kier molecular flexibility index (Phi) is 6.14. The molecule has 3 rings (SSSR count). The summed E-state index contributed by atoms with van der Waals surface area (Å²) in [6.45, 7) is 0.454. The number of aliphatic hydroxyl groups excluding tert-OH is 1. The van der Waals surface area contributed by atoms with Crippen molar-refractivity contribution in [1.29, 1.82) is 0 Å². The molecule has 1 heterocycles. The second-order valence-electron chi connectivity index (χ2n) is 7.39. The van der Waals surface area contributed by atoms with E-state index in [1.54, 1.807) is 24.3 Å². The number of fused-ring (bicyclic) bond motifs is 1. The van der Waals surface area contributed by atoms with E-state index in [1.165, 1.54) is 0 Å². The first-order chi connectivity index (χ1) is 12.5. The quantitative estimate of drug-likeness (QED) is 0.511. The van der Waals surface area contributed by atoms with Crippen LogP contribution in [0.1, 0.15) is 50.5 Å². The maximum absolute atomic E-state index is 11.9. The molecule has 6 heteroatoms. The van der Waals surface area contributed by atoms with Crippen LogP contribution in [-0.4, -0.2) is 34.3 Å². The van der Waals surface area contributed by atoms with E-state index in [1.807, 2.05) is 0 Å². The lowest BCUT2D eigenvalue weighted by molar-refractivity contribution is -0.157. The number of carbonyl (C=O) groups excluding carboxylic acids is 2. The van der Waals surface area contributed by atoms with Gasteiger partial charge in [-0.3, -0.25) is 9.59 Å². The number of benzene rings is 1. The summed E-state index contributed by atoms with van der Waals surface area (Å²) in [4.78, 5) is 23.3. The molecule has 1 saturated heterocycles. The molecule has 2 fully saturated rings. The smallest absolute Gasteiger partial charge is 0.306 e. The van der Waals surface area contributed by atoms with E-state index in [2.05, 4.69) is 5.32 Å². The molecule has 1 amide bonds. The lowest BCUT2D eigenvalue weighted by Gasteiger charge is -2.29. The summed E-state index contributed by atoms with van der Waals surface area (Å²) in [7, 11) is 0. The summed E-state index contributed by atoms with van der Waals surface area (Å²) < 4.78 is 5.36. The number of nitrogens with one attached hydrogen (secondary N) is 1. The predicted molar refractivity (Wildman–Crippen MR) is 95.1 cm³/mol. The molecule has 2 aliphatic rings. The normalized spacial score (nSPS) is 27.7. The van der Waals surface area contributed by atoms with Gasteiger partial charge in [0.15, 0.2) is 0 Å². The van der Waals surface area contributed by atoms with Crippen molar-refractivity contribution in [2.75, 3.05) is 0 Å². The molecular formula is C20H27NO5. The van der Waals surface area contributed by atoms with Gasteiger partial charge in [-0.2, -0.15) is 0 Å². The molecule has 0 bridgehead atoms. The number of hydrogen-bond donors (Lipinski definition) is 3. The Hall–Kier alpha value is -2.08. The Bertz CT molecular complexity index is 630. The molecule has 1 saturated carbocycles.